The fourth-order valence-corrected chi connectivity index (χ4v) is 8.29. The highest BCUT2D eigenvalue weighted by molar-refractivity contribution is 6.01. The molecule has 60 heavy (non-hydrogen) atoms. The predicted octanol–water partition coefficient (Wildman–Crippen LogP) is 16.4. The number of anilines is 6. The van der Waals surface area contributed by atoms with Crippen LogP contribution >= 0.6 is 0 Å². The van der Waals surface area contributed by atoms with Crippen LogP contribution in [-0.2, 0) is 0 Å². The summed E-state index contributed by atoms with van der Waals surface area (Å²) in [6.07, 6.45) is 8.89. The maximum Gasteiger partial charge on any atom is 0.0540 e. The van der Waals surface area contributed by atoms with E-state index in [1.807, 2.05) is 0 Å². The lowest BCUT2D eigenvalue weighted by Crippen LogP contribution is -2.10. The van der Waals surface area contributed by atoms with E-state index in [2.05, 4.69) is 265 Å². The van der Waals surface area contributed by atoms with Gasteiger partial charge in [0.05, 0.1) is 11.4 Å². The molecule has 0 fully saturated rings. The van der Waals surface area contributed by atoms with Crippen molar-refractivity contribution in [1.29, 1.82) is 0 Å². The van der Waals surface area contributed by atoms with Crippen molar-refractivity contribution in [3.8, 4) is 0 Å². The van der Waals surface area contributed by atoms with E-state index in [-0.39, 0.29) is 0 Å². The summed E-state index contributed by atoms with van der Waals surface area (Å²) < 4.78 is 0. The van der Waals surface area contributed by atoms with E-state index in [0.29, 0.717) is 0 Å². The molecule has 0 aliphatic carbocycles. The van der Waals surface area contributed by atoms with E-state index in [0.717, 1.165) is 45.3 Å². The average molecular weight is 767 g/mol. The zero-order valence-corrected chi connectivity index (χ0v) is 33.1. The molecular formula is C58H42N2. The first kappa shape index (κ1) is 36.4. The number of benzene rings is 10. The predicted molar refractivity (Wildman–Crippen MR) is 259 cm³/mol. The fraction of sp³-hybridized carbons (Fsp3) is 0. The second kappa shape index (κ2) is 16.5. The van der Waals surface area contributed by atoms with Gasteiger partial charge in [0.15, 0.2) is 0 Å². The van der Waals surface area contributed by atoms with Gasteiger partial charge in [0, 0.05) is 33.5 Å². The van der Waals surface area contributed by atoms with Crippen molar-refractivity contribution in [2.24, 2.45) is 0 Å². The van der Waals surface area contributed by atoms with Gasteiger partial charge in [-0.25, -0.2) is 0 Å². The molecule has 0 aliphatic rings. The number of nitrogens with zero attached hydrogens (tertiary/aromatic N) is 2. The lowest BCUT2D eigenvalue weighted by atomic mass is 9.98. The molecule has 0 unspecified atom stereocenters. The van der Waals surface area contributed by atoms with Crippen LogP contribution < -0.4 is 9.80 Å². The first-order valence-electron chi connectivity index (χ1n) is 20.5. The molecule has 10 aromatic carbocycles. The smallest absolute Gasteiger partial charge is 0.0540 e. The minimum atomic E-state index is 1.12. The first-order chi connectivity index (χ1) is 29.8. The van der Waals surface area contributed by atoms with Gasteiger partial charge in [0.1, 0.15) is 0 Å². The Hall–Kier alpha value is -7.94. The largest absolute Gasteiger partial charge is 0.310 e. The second-order valence-electron chi connectivity index (χ2n) is 15.0. The van der Waals surface area contributed by atoms with Crippen LogP contribution in [0.1, 0.15) is 22.3 Å². The van der Waals surface area contributed by atoms with E-state index >= 15 is 0 Å². The van der Waals surface area contributed by atoms with Crippen LogP contribution in [0.4, 0.5) is 34.1 Å². The molecule has 0 atom stereocenters. The summed E-state index contributed by atoms with van der Waals surface area (Å²) in [5.41, 5.74) is 11.5. The lowest BCUT2D eigenvalue weighted by Gasteiger charge is -2.27. The minimum Gasteiger partial charge on any atom is -0.310 e. The number of hydrogen-bond acceptors (Lipinski definition) is 2. The molecule has 0 bridgehead atoms. The van der Waals surface area contributed by atoms with Gasteiger partial charge < -0.3 is 9.80 Å². The van der Waals surface area contributed by atoms with E-state index in [1.165, 1.54) is 43.4 Å². The molecule has 0 saturated heterocycles. The van der Waals surface area contributed by atoms with E-state index in [1.54, 1.807) is 0 Å². The summed E-state index contributed by atoms with van der Waals surface area (Å²) in [7, 11) is 0. The topological polar surface area (TPSA) is 6.48 Å². The molecule has 0 radical (unpaired) electrons. The van der Waals surface area contributed by atoms with Crippen molar-refractivity contribution in [3.05, 3.63) is 253 Å². The first-order valence-corrected chi connectivity index (χ1v) is 20.5. The van der Waals surface area contributed by atoms with Crippen LogP contribution in [0.15, 0.2) is 231 Å². The number of rotatable bonds is 10. The molecule has 0 N–H and O–H groups in total. The quantitative estimate of drug-likeness (QED) is 0.128. The van der Waals surface area contributed by atoms with Gasteiger partial charge in [-0.05, 0) is 104 Å². The normalized spacial score (nSPS) is 11.5. The Morgan fingerprint density at radius 1 is 0.233 bits per heavy atom. The van der Waals surface area contributed by atoms with Crippen LogP contribution in [-0.4, -0.2) is 0 Å². The molecule has 2 heteroatoms. The van der Waals surface area contributed by atoms with Gasteiger partial charge in [0.2, 0.25) is 0 Å². The van der Waals surface area contributed by atoms with Crippen molar-refractivity contribution < 1.29 is 0 Å². The van der Waals surface area contributed by atoms with Crippen LogP contribution in [0.2, 0.25) is 0 Å². The van der Waals surface area contributed by atoms with Gasteiger partial charge in [-0.15, -0.1) is 0 Å². The lowest BCUT2D eigenvalue weighted by molar-refractivity contribution is 1.30. The fourth-order valence-electron chi connectivity index (χ4n) is 8.29. The monoisotopic (exact) mass is 766 g/mol. The number of hydrogen-bond donors (Lipinski definition) is 0. The third-order valence-electron chi connectivity index (χ3n) is 11.2. The zero-order valence-electron chi connectivity index (χ0n) is 33.1. The Kier molecular flexibility index (Phi) is 10.0. The van der Waals surface area contributed by atoms with Crippen molar-refractivity contribution in [2.45, 2.75) is 0 Å². The number of para-hydroxylation sites is 2. The Bertz CT molecular complexity index is 2900. The molecule has 2 nitrogen and oxygen atoms in total. The van der Waals surface area contributed by atoms with Crippen molar-refractivity contribution in [2.75, 3.05) is 9.80 Å². The van der Waals surface area contributed by atoms with Gasteiger partial charge in [-0.1, -0.05) is 194 Å². The number of fused-ring (bicyclic) bond motifs is 3. The Morgan fingerprint density at radius 2 is 0.567 bits per heavy atom. The van der Waals surface area contributed by atoms with Crippen LogP contribution in [0.5, 0.6) is 0 Å². The minimum absolute atomic E-state index is 1.12. The zero-order chi connectivity index (χ0) is 40.1. The van der Waals surface area contributed by atoms with Crippen LogP contribution in [0.3, 0.4) is 0 Å². The Labute approximate surface area is 351 Å². The van der Waals surface area contributed by atoms with Crippen molar-refractivity contribution >= 4 is 90.7 Å². The standard InChI is InChI=1S/C58H42N2/c1-3-19-49(20-4-1)59(57-27-13-17-45-15-7-9-25-55(45)57)51-39-31-43(32-40-51)29-35-47-37-38-48(54-24-12-11-23-53(47)54)36-30-44-33-41-52(42-34-44)60(50-21-5-2-6-22-50)58-28-14-18-46-16-8-10-26-56(46)58/h1-42H/b35-29+,36-30+. The molecule has 10 aromatic rings. The molecule has 0 aliphatic heterocycles. The maximum atomic E-state index is 2.34. The van der Waals surface area contributed by atoms with E-state index in [9.17, 15) is 0 Å². The van der Waals surface area contributed by atoms with Gasteiger partial charge in [0.25, 0.3) is 0 Å². The Balaban J connectivity index is 0.909. The second-order valence-corrected chi connectivity index (χ2v) is 15.0. The van der Waals surface area contributed by atoms with Gasteiger partial charge >= 0.3 is 0 Å². The highest BCUT2D eigenvalue weighted by Crippen LogP contribution is 2.40. The molecule has 0 heterocycles. The summed E-state index contributed by atoms with van der Waals surface area (Å²) in [5, 5.41) is 7.34. The molecule has 0 amide bonds. The van der Waals surface area contributed by atoms with Gasteiger partial charge in [-0.3, -0.25) is 0 Å². The molecule has 0 spiro atoms. The molecule has 0 aromatic heterocycles. The molecular weight excluding hydrogens is 725 g/mol. The average Bonchev–Trinajstić information content (AvgIpc) is 3.32. The summed E-state index contributed by atoms with van der Waals surface area (Å²) in [5.74, 6) is 0. The third-order valence-corrected chi connectivity index (χ3v) is 11.2. The van der Waals surface area contributed by atoms with Crippen molar-refractivity contribution in [3.63, 3.8) is 0 Å². The maximum absolute atomic E-state index is 2.34. The van der Waals surface area contributed by atoms with Crippen molar-refractivity contribution in [1.82, 2.24) is 0 Å². The van der Waals surface area contributed by atoms with Crippen LogP contribution in [0.25, 0.3) is 56.6 Å². The third kappa shape index (κ3) is 7.35. The summed E-state index contributed by atoms with van der Waals surface area (Å²) in [6.45, 7) is 0. The summed E-state index contributed by atoms with van der Waals surface area (Å²) in [4.78, 5) is 4.69. The molecule has 10 rings (SSSR count). The Morgan fingerprint density at radius 3 is 0.983 bits per heavy atom. The highest BCUT2D eigenvalue weighted by Gasteiger charge is 2.16. The van der Waals surface area contributed by atoms with Gasteiger partial charge in [-0.2, -0.15) is 0 Å². The molecule has 284 valence electrons. The molecule has 0 saturated carbocycles. The van der Waals surface area contributed by atoms with E-state index < -0.39 is 0 Å². The highest BCUT2D eigenvalue weighted by atomic mass is 15.1. The van der Waals surface area contributed by atoms with E-state index in [4.69, 9.17) is 0 Å². The van der Waals surface area contributed by atoms with Crippen LogP contribution in [0, 0.1) is 0 Å². The summed E-state index contributed by atoms with van der Waals surface area (Å²) in [6, 6.07) is 82.3. The SMILES string of the molecule is C(=C\c1ccc(/C=C/c2ccc(N(c3ccccc3)c3cccc4ccccc34)cc2)c2ccccc12)/c1ccc(N(c2ccccc2)c2cccc3ccccc23)cc1. The summed E-state index contributed by atoms with van der Waals surface area (Å²) >= 11 is 0.